The molecule has 1 amide bonds. The van der Waals surface area contributed by atoms with E-state index in [0.717, 1.165) is 5.56 Å². The van der Waals surface area contributed by atoms with E-state index in [0.29, 0.717) is 40.3 Å². The summed E-state index contributed by atoms with van der Waals surface area (Å²) >= 11 is 1.17. The van der Waals surface area contributed by atoms with Crippen LogP contribution in [-0.2, 0) is 11.3 Å². The van der Waals surface area contributed by atoms with Crippen LogP contribution in [0.15, 0.2) is 72.1 Å². The Morgan fingerprint density at radius 2 is 1.97 bits per heavy atom. The fourth-order valence-corrected chi connectivity index (χ4v) is 4.10. The Hall–Kier alpha value is -3.92. The number of pyridine rings is 1. The summed E-state index contributed by atoms with van der Waals surface area (Å²) in [7, 11) is 0. The summed E-state index contributed by atoms with van der Waals surface area (Å²) in [5.74, 6) is 1.27. The Balaban J connectivity index is 1.31. The molecule has 0 saturated heterocycles. The summed E-state index contributed by atoms with van der Waals surface area (Å²) in [5, 5.41) is 11.7. The fourth-order valence-electron chi connectivity index (χ4n) is 3.33. The molecule has 1 aliphatic rings. The van der Waals surface area contributed by atoms with Crippen molar-refractivity contribution in [3.05, 3.63) is 78.4 Å². The number of carbonyl (C=O) groups is 1. The van der Waals surface area contributed by atoms with Gasteiger partial charge in [-0.15, -0.1) is 10.2 Å². The van der Waals surface area contributed by atoms with Crippen molar-refractivity contribution in [2.45, 2.75) is 11.7 Å². The topological polar surface area (TPSA) is 91.2 Å². The first-order valence-electron chi connectivity index (χ1n) is 10.1. The highest BCUT2D eigenvalue weighted by Crippen LogP contribution is 2.32. The molecule has 10 heteroatoms. The number of nitrogens with zero attached hydrogens (tertiary/aromatic N) is 4. The molecule has 33 heavy (non-hydrogen) atoms. The Labute approximate surface area is 192 Å². The van der Waals surface area contributed by atoms with E-state index in [-0.39, 0.29) is 18.5 Å². The molecule has 8 nitrogen and oxygen atoms in total. The highest BCUT2D eigenvalue weighted by Gasteiger charge is 2.20. The largest absolute Gasteiger partial charge is 0.454 e. The van der Waals surface area contributed by atoms with Gasteiger partial charge < -0.3 is 14.8 Å². The molecule has 2 aromatic carbocycles. The highest BCUT2D eigenvalue weighted by atomic mass is 32.2. The predicted octanol–water partition coefficient (Wildman–Crippen LogP) is 3.61. The van der Waals surface area contributed by atoms with E-state index in [9.17, 15) is 9.18 Å². The summed E-state index contributed by atoms with van der Waals surface area (Å²) in [6.07, 6.45) is 3.28. The predicted molar refractivity (Wildman–Crippen MR) is 120 cm³/mol. The number of thioether (sulfide) groups is 1. The molecule has 0 atom stereocenters. The van der Waals surface area contributed by atoms with Gasteiger partial charge in [-0.05, 0) is 42.0 Å². The lowest BCUT2D eigenvalue weighted by molar-refractivity contribution is -0.118. The van der Waals surface area contributed by atoms with E-state index < -0.39 is 5.82 Å². The normalized spacial score (nSPS) is 12.0. The van der Waals surface area contributed by atoms with E-state index in [1.54, 1.807) is 41.2 Å². The van der Waals surface area contributed by atoms with Crippen molar-refractivity contribution in [3.8, 4) is 28.6 Å². The van der Waals surface area contributed by atoms with Gasteiger partial charge in [-0.2, -0.15) is 0 Å². The van der Waals surface area contributed by atoms with E-state index >= 15 is 0 Å². The maximum absolute atomic E-state index is 14.6. The molecule has 0 radical (unpaired) electrons. The number of ether oxygens (including phenoxy) is 2. The average Bonchev–Trinajstić information content (AvgIpc) is 3.49. The van der Waals surface area contributed by atoms with Crippen LogP contribution < -0.4 is 14.8 Å². The maximum atomic E-state index is 14.6. The van der Waals surface area contributed by atoms with Crippen molar-refractivity contribution in [3.63, 3.8) is 0 Å². The van der Waals surface area contributed by atoms with Crippen molar-refractivity contribution in [2.24, 2.45) is 0 Å². The number of fused-ring (bicyclic) bond motifs is 1. The molecule has 2 aromatic heterocycles. The molecule has 1 N–H and O–H groups in total. The molecule has 4 aromatic rings. The third-order valence-electron chi connectivity index (χ3n) is 4.91. The van der Waals surface area contributed by atoms with E-state index in [1.807, 2.05) is 24.3 Å². The van der Waals surface area contributed by atoms with E-state index in [2.05, 4.69) is 20.5 Å². The van der Waals surface area contributed by atoms with Crippen LogP contribution in [0.2, 0.25) is 0 Å². The smallest absolute Gasteiger partial charge is 0.231 e. The lowest BCUT2D eigenvalue weighted by atomic mass is 10.2. The SMILES string of the molecule is O=C(CSc1nnc(-c2cccnc2)n1-c1ccccc1F)NCc1ccc2c(c1)OCO2. The van der Waals surface area contributed by atoms with Crippen LogP contribution in [0, 0.1) is 5.82 Å². The van der Waals surface area contributed by atoms with Crippen molar-refractivity contribution in [1.29, 1.82) is 0 Å². The minimum Gasteiger partial charge on any atom is -0.454 e. The Morgan fingerprint density at radius 3 is 2.82 bits per heavy atom. The van der Waals surface area contributed by atoms with Gasteiger partial charge in [0.25, 0.3) is 0 Å². The van der Waals surface area contributed by atoms with Gasteiger partial charge >= 0.3 is 0 Å². The third kappa shape index (κ3) is 4.51. The monoisotopic (exact) mass is 463 g/mol. The van der Waals surface area contributed by atoms with Crippen LogP contribution in [0.25, 0.3) is 17.1 Å². The standard InChI is InChI=1S/C23H18FN5O3S/c24-17-5-1-2-6-18(17)29-22(16-4-3-9-25-12-16)27-28-23(29)33-13-21(30)26-11-15-7-8-19-20(10-15)32-14-31-19/h1-10,12H,11,13-14H2,(H,26,30). The number of amides is 1. The summed E-state index contributed by atoms with van der Waals surface area (Å²) in [6, 6.07) is 15.5. The minimum atomic E-state index is -0.420. The quantitative estimate of drug-likeness (QED) is 0.419. The van der Waals surface area contributed by atoms with Crippen molar-refractivity contribution in [1.82, 2.24) is 25.1 Å². The van der Waals surface area contributed by atoms with Gasteiger partial charge in [0.15, 0.2) is 22.5 Å². The molecule has 166 valence electrons. The summed E-state index contributed by atoms with van der Waals surface area (Å²) < 4.78 is 26.9. The molecule has 0 aliphatic carbocycles. The van der Waals surface area contributed by atoms with E-state index in [4.69, 9.17) is 9.47 Å². The van der Waals surface area contributed by atoms with Gasteiger partial charge in [0.1, 0.15) is 5.82 Å². The van der Waals surface area contributed by atoms with Crippen LogP contribution in [-0.4, -0.2) is 38.2 Å². The Kier molecular flexibility index (Phi) is 5.90. The lowest BCUT2D eigenvalue weighted by Crippen LogP contribution is -2.24. The molecular formula is C23H18FN5O3S. The lowest BCUT2D eigenvalue weighted by Gasteiger charge is -2.11. The zero-order valence-corrected chi connectivity index (χ0v) is 18.1. The van der Waals surface area contributed by atoms with Crippen molar-refractivity contribution < 1.29 is 18.7 Å². The third-order valence-corrected chi connectivity index (χ3v) is 5.83. The zero-order valence-electron chi connectivity index (χ0n) is 17.3. The fraction of sp³-hybridized carbons (Fsp3) is 0.130. The second-order valence-corrected chi connectivity index (χ2v) is 8.03. The minimum absolute atomic E-state index is 0.0875. The second kappa shape index (κ2) is 9.29. The molecule has 1 aliphatic heterocycles. The van der Waals surface area contributed by atoms with Gasteiger partial charge in [-0.25, -0.2) is 4.39 Å². The summed E-state index contributed by atoms with van der Waals surface area (Å²) in [5.41, 5.74) is 1.88. The molecular weight excluding hydrogens is 445 g/mol. The van der Waals surface area contributed by atoms with E-state index in [1.165, 1.54) is 17.8 Å². The summed E-state index contributed by atoms with van der Waals surface area (Å²) in [6.45, 7) is 0.544. The average molecular weight is 463 g/mol. The number of carbonyl (C=O) groups excluding carboxylic acids is 1. The number of nitrogens with one attached hydrogen (secondary N) is 1. The molecule has 0 spiro atoms. The van der Waals surface area contributed by atoms with Crippen LogP contribution >= 0.6 is 11.8 Å². The first kappa shape index (κ1) is 21.0. The van der Waals surface area contributed by atoms with Crippen molar-refractivity contribution in [2.75, 3.05) is 12.5 Å². The zero-order chi connectivity index (χ0) is 22.6. The van der Waals surface area contributed by atoms with Gasteiger partial charge in [0.05, 0.1) is 11.4 Å². The summed E-state index contributed by atoms with van der Waals surface area (Å²) in [4.78, 5) is 16.6. The second-order valence-electron chi connectivity index (χ2n) is 7.09. The van der Waals surface area contributed by atoms with Crippen LogP contribution in [0.3, 0.4) is 0 Å². The Morgan fingerprint density at radius 1 is 1.09 bits per heavy atom. The number of hydrogen-bond donors (Lipinski definition) is 1. The van der Waals surface area contributed by atoms with Crippen LogP contribution in [0.4, 0.5) is 4.39 Å². The first-order valence-corrected chi connectivity index (χ1v) is 11.1. The van der Waals surface area contributed by atoms with Gasteiger partial charge in [0, 0.05) is 24.5 Å². The van der Waals surface area contributed by atoms with Gasteiger partial charge in [-0.3, -0.25) is 14.3 Å². The number of hydrogen-bond acceptors (Lipinski definition) is 7. The number of benzene rings is 2. The molecule has 5 rings (SSSR count). The molecule has 0 fully saturated rings. The first-order chi connectivity index (χ1) is 16.2. The van der Waals surface area contributed by atoms with Gasteiger partial charge in [0.2, 0.25) is 12.7 Å². The Bertz CT molecular complexity index is 1300. The number of para-hydroxylation sites is 1. The molecule has 0 unspecified atom stereocenters. The number of rotatable bonds is 7. The molecule has 0 bridgehead atoms. The van der Waals surface area contributed by atoms with Crippen LogP contribution in [0.5, 0.6) is 11.5 Å². The molecule has 0 saturated carbocycles. The number of aromatic nitrogens is 4. The van der Waals surface area contributed by atoms with Crippen molar-refractivity contribution >= 4 is 17.7 Å². The van der Waals surface area contributed by atoms with Gasteiger partial charge in [-0.1, -0.05) is 30.0 Å². The maximum Gasteiger partial charge on any atom is 0.231 e. The number of halogens is 1. The highest BCUT2D eigenvalue weighted by molar-refractivity contribution is 7.99. The molecule has 3 heterocycles. The van der Waals surface area contributed by atoms with Crippen LogP contribution in [0.1, 0.15) is 5.56 Å².